The molecule has 6 atom stereocenters. The van der Waals surface area contributed by atoms with Crippen molar-refractivity contribution in [1.29, 1.82) is 0 Å². The normalized spacial score (nSPS) is 28.1. The molecule has 1 saturated heterocycles. The molecule has 3 N–H and O–H groups in total. The van der Waals surface area contributed by atoms with Crippen LogP contribution in [0.25, 0.3) is 0 Å². The summed E-state index contributed by atoms with van der Waals surface area (Å²) in [6.45, 7) is 10.6. The minimum Gasteiger partial charge on any atom is -0.391 e. The van der Waals surface area contributed by atoms with Gasteiger partial charge in [0.2, 0.25) is 17.7 Å². The minimum absolute atomic E-state index is 0.0237. The van der Waals surface area contributed by atoms with Crippen molar-refractivity contribution >= 4 is 17.7 Å². The van der Waals surface area contributed by atoms with Gasteiger partial charge in [0.15, 0.2) is 0 Å². The van der Waals surface area contributed by atoms with E-state index in [2.05, 4.69) is 31.4 Å². The second-order valence-electron chi connectivity index (χ2n) is 10.8. The van der Waals surface area contributed by atoms with Crippen molar-refractivity contribution in [3.05, 3.63) is 0 Å². The minimum atomic E-state index is -0.828. The number of nitrogens with one attached hydrogen (secondary N) is 2. The van der Waals surface area contributed by atoms with Crippen molar-refractivity contribution in [3.63, 3.8) is 0 Å². The molecule has 1 aliphatic rings. The van der Waals surface area contributed by atoms with Gasteiger partial charge in [-0.1, -0.05) is 66.2 Å². The maximum Gasteiger partial charge on any atom is 0.242 e. The zero-order chi connectivity index (χ0) is 25.7. The lowest BCUT2D eigenvalue weighted by molar-refractivity contribution is -0.139. The number of hydrogen-bond donors (Lipinski definition) is 3. The Kier molecular flexibility index (Phi) is 14.4. The summed E-state index contributed by atoms with van der Waals surface area (Å²) in [6.07, 6.45) is 8.97. The molecule has 7 nitrogen and oxygen atoms in total. The SMILES string of the molecule is CCCCNC(=O)[C@H](C)C[C@H](O)[C@@H]1C[C@H](C)CCCCC[C@@H](C)CCC(=O)N(C)[C@@H](C)C(=O)N1. The van der Waals surface area contributed by atoms with Crippen LogP contribution in [0.5, 0.6) is 0 Å². The molecule has 1 aliphatic heterocycles. The van der Waals surface area contributed by atoms with Crippen LogP contribution in [0, 0.1) is 17.8 Å². The number of hydrogen-bond acceptors (Lipinski definition) is 4. The molecule has 0 aliphatic carbocycles. The summed E-state index contributed by atoms with van der Waals surface area (Å²) >= 11 is 0. The van der Waals surface area contributed by atoms with Crippen LogP contribution in [0.2, 0.25) is 0 Å². The molecular formula is C27H51N3O4. The van der Waals surface area contributed by atoms with E-state index in [1.165, 1.54) is 11.3 Å². The predicted octanol–water partition coefficient (Wildman–Crippen LogP) is 4.03. The first kappa shape index (κ1) is 30.4. The molecule has 34 heavy (non-hydrogen) atoms. The average Bonchev–Trinajstić information content (AvgIpc) is 2.80. The smallest absolute Gasteiger partial charge is 0.242 e. The molecule has 0 spiro atoms. The third kappa shape index (κ3) is 11.2. The van der Waals surface area contributed by atoms with Crippen molar-refractivity contribution < 1.29 is 19.5 Å². The van der Waals surface area contributed by atoms with Crippen LogP contribution in [-0.4, -0.2) is 59.5 Å². The standard InChI is InChI=1S/C27H51N3O4/c1-7-8-16-28-26(33)21(4)18-24(31)23-17-20(3)13-11-9-10-12-19(2)14-15-25(32)30(6)22(5)27(34)29-23/h19-24,31H,7-18H2,1-6H3,(H,28,33)(H,29,34)/t19-,20-,21-,22+,23+,24+/m1/s1. The van der Waals surface area contributed by atoms with E-state index in [4.69, 9.17) is 0 Å². The third-order valence-corrected chi connectivity index (χ3v) is 7.42. The summed E-state index contributed by atoms with van der Waals surface area (Å²) in [5.74, 6) is 0.161. The van der Waals surface area contributed by atoms with Gasteiger partial charge in [0, 0.05) is 25.9 Å². The lowest BCUT2D eigenvalue weighted by Gasteiger charge is -2.31. The zero-order valence-corrected chi connectivity index (χ0v) is 22.6. The van der Waals surface area contributed by atoms with Crippen LogP contribution >= 0.6 is 0 Å². The van der Waals surface area contributed by atoms with Crippen molar-refractivity contribution in [2.24, 2.45) is 17.8 Å². The molecular weight excluding hydrogens is 430 g/mol. The number of carbonyl (C=O) groups is 3. The fourth-order valence-corrected chi connectivity index (χ4v) is 4.61. The Balaban J connectivity index is 2.89. The van der Waals surface area contributed by atoms with Gasteiger partial charge in [0.1, 0.15) is 6.04 Å². The number of amides is 3. The van der Waals surface area contributed by atoms with Gasteiger partial charge in [-0.25, -0.2) is 0 Å². The lowest BCUT2D eigenvalue weighted by atomic mass is 9.88. The molecule has 1 heterocycles. The molecule has 198 valence electrons. The van der Waals surface area contributed by atoms with Crippen LogP contribution in [0.4, 0.5) is 0 Å². The molecule has 0 aromatic heterocycles. The van der Waals surface area contributed by atoms with E-state index in [1.54, 1.807) is 14.0 Å². The van der Waals surface area contributed by atoms with Crippen molar-refractivity contribution in [3.8, 4) is 0 Å². The molecule has 0 saturated carbocycles. The van der Waals surface area contributed by atoms with Gasteiger partial charge < -0.3 is 20.6 Å². The first-order valence-electron chi connectivity index (χ1n) is 13.6. The Labute approximate surface area is 207 Å². The van der Waals surface area contributed by atoms with Gasteiger partial charge in [-0.2, -0.15) is 0 Å². The summed E-state index contributed by atoms with van der Waals surface area (Å²) < 4.78 is 0. The van der Waals surface area contributed by atoms with Crippen LogP contribution < -0.4 is 10.6 Å². The summed E-state index contributed by atoms with van der Waals surface area (Å²) in [5, 5.41) is 17.0. The summed E-state index contributed by atoms with van der Waals surface area (Å²) in [7, 11) is 1.68. The van der Waals surface area contributed by atoms with Gasteiger partial charge in [0.05, 0.1) is 12.1 Å². The Morgan fingerprint density at radius 1 is 1.12 bits per heavy atom. The molecule has 3 amide bonds. The summed E-state index contributed by atoms with van der Waals surface area (Å²) in [6, 6.07) is -1.07. The van der Waals surface area contributed by atoms with Crippen LogP contribution in [0.3, 0.4) is 0 Å². The monoisotopic (exact) mass is 481 g/mol. The molecule has 0 aromatic carbocycles. The highest BCUT2D eigenvalue weighted by Gasteiger charge is 2.30. The fourth-order valence-electron chi connectivity index (χ4n) is 4.61. The van der Waals surface area contributed by atoms with E-state index in [-0.39, 0.29) is 30.1 Å². The van der Waals surface area contributed by atoms with E-state index in [1.807, 2.05) is 6.92 Å². The van der Waals surface area contributed by atoms with Gasteiger partial charge in [-0.05, 0) is 44.4 Å². The van der Waals surface area contributed by atoms with Crippen molar-refractivity contribution in [1.82, 2.24) is 15.5 Å². The van der Waals surface area contributed by atoms with Gasteiger partial charge in [-0.3, -0.25) is 14.4 Å². The molecule has 0 aromatic rings. The van der Waals surface area contributed by atoms with E-state index < -0.39 is 18.2 Å². The maximum atomic E-state index is 13.0. The largest absolute Gasteiger partial charge is 0.391 e. The topological polar surface area (TPSA) is 98.7 Å². The summed E-state index contributed by atoms with van der Waals surface area (Å²) in [5.41, 5.74) is 0. The second-order valence-corrected chi connectivity index (χ2v) is 10.8. The fraction of sp³-hybridized carbons (Fsp3) is 0.889. The van der Waals surface area contributed by atoms with Gasteiger partial charge in [0.25, 0.3) is 0 Å². The predicted molar refractivity (Wildman–Crippen MR) is 137 cm³/mol. The van der Waals surface area contributed by atoms with Crippen LogP contribution in [0.1, 0.15) is 105 Å². The Bertz CT molecular complexity index is 627. The Hall–Kier alpha value is -1.63. The molecule has 0 radical (unpaired) electrons. The van der Waals surface area contributed by atoms with Crippen LogP contribution in [0.15, 0.2) is 0 Å². The second kappa shape index (κ2) is 16.1. The number of rotatable bonds is 7. The zero-order valence-electron chi connectivity index (χ0n) is 22.6. The van der Waals surface area contributed by atoms with Gasteiger partial charge >= 0.3 is 0 Å². The van der Waals surface area contributed by atoms with Crippen molar-refractivity contribution in [2.45, 2.75) is 123 Å². The number of carbonyl (C=O) groups excluding carboxylic acids is 3. The Morgan fingerprint density at radius 2 is 1.76 bits per heavy atom. The van der Waals surface area contributed by atoms with Gasteiger partial charge in [-0.15, -0.1) is 0 Å². The molecule has 1 rings (SSSR count). The first-order chi connectivity index (χ1) is 16.1. The average molecular weight is 482 g/mol. The highest BCUT2D eigenvalue weighted by Crippen LogP contribution is 2.22. The highest BCUT2D eigenvalue weighted by atomic mass is 16.3. The first-order valence-corrected chi connectivity index (χ1v) is 13.6. The molecule has 0 unspecified atom stereocenters. The van der Waals surface area contributed by atoms with E-state index in [9.17, 15) is 19.5 Å². The molecule has 1 fully saturated rings. The highest BCUT2D eigenvalue weighted by molar-refractivity contribution is 5.87. The quantitative estimate of drug-likeness (QED) is 0.478. The number of nitrogens with zero attached hydrogens (tertiary/aromatic N) is 1. The number of likely N-dealkylation sites (N-methyl/N-ethyl adjacent to an activating group) is 1. The van der Waals surface area contributed by atoms with Crippen molar-refractivity contribution in [2.75, 3.05) is 13.6 Å². The van der Waals surface area contributed by atoms with E-state index in [0.29, 0.717) is 31.2 Å². The van der Waals surface area contributed by atoms with E-state index >= 15 is 0 Å². The van der Waals surface area contributed by atoms with Crippen LogP contribution in [-0.2, 0) is 14.4 Å². The van der Waals surface area contributed by atoms with E-state index in [0.717, 1.165) is 44.9 Å². The third-order valence-electron chi connectivity index (χ3n) is 7.42. The summed E-state index contributed by atoms with van der Waals surface area (Å²) in [4.78, 5) is 39.6. The maximum absolute atomic E-state index is 13.0. The lowest BCUT2D eigenvalue weighted by Crippen LogP contribution is -2.52. The Morgan fingerprint density at radius 3 is 2.41 bits per heavy atom. The number of unbranched alkanes of at least 4 members (excludes halogenated alkanes) is 1. The molecule has 0 bridgehead atoms. The number of aliphatic hydroxyl groups is 1. The number of aliphatic hydroxyl groups excluding tert-OH is 1. The molecule has 7 heteroatoms.